The first-order valence-electron chi connectivity index (χ1n) is 5.12. The Hall–Kier alpha value is -1.16. The van der Waals surface area contributed by atoms with E-state index in [1.165, 1.54) is 11.3 Å². The van der Waals surface area contributed by atoms with Crippen molar-refractivity contribution in [3.05, 3.63) is 33.7 Å². The second-order valence-corrected chi connectivity index (χ2v) is 4.95. The van der Waals surface area contributed by atoms with Crippen molar-refractivity contribution in [1.29, 1.82) is 0 Å². The third kappa shape index (κ3) is 2.26. The lowest BCUT2D eigenvalue weighted by molar-refractivity contribution is 0.581. The van der Waals surface area contributed by atoms with E-state index < -0.39 is 0 Å². The van der Waals surface area contributed by atoms with Gasteiger partial charge in [0.1, 0.15) is 0 Å². The molecule has 2 heterocycles. The molecule has 0 saturated carbocycles. The zero-order valence-corrected chi connectivity index (χ0v) is 9.75. The van der Waals surface area contributed by atoms with Crippen molar-refractivity contribution in [1.82, 2.24) is 9.38 Å². The van der Waals surface area contributed by atoms with Gasteiger partial charge in [0, 0.05) is 23.3 Å². The topological polar surface area (TPSA) is 34.4 Å². The molecular formula is C11H14N2OS. The number of nitrogens with zero attached hydrogens (tertiary/aromatic N) is 2. The highest BCUT2D eigenvalue weighted by Crippen LogP contribution is 2.09. The average Bonchev–Trinajstić information content (AvgIpc) is 2.63. The van der Waals surface area contributed by atoms with E-state index in [9.17, 15) is 4.79 Å². The molecule has 0 spiro atoms. The molecule has 0 aliphatic rings. The van der Waals surface area contributed by atoms with Crippen LogP contribution < -0.4 is 5.56 Å². The second kappa shape index (κ2) is 4.14. The smallest absolute Gasteiger partial charge is 0.258 e. The van der Waals surface area contributed by atoms with E-state index in [4.69, 9.17) is 0 Å². The number of hydrogen-bond donors (Lipinski definition) is 0. The number of thiazole rings is 1. The van der Waals surface area contributed by atoms with E-state index in [1.807, 2.05) is 5.38 Å². The molecule has 0 aromatic carbocycles. The molecule has 4 heteroatoms. The summed E-state index contributed by atoms with van der Waals surface area (Å²) in [7, 11) is 0. The summed E-state index contributed by atoms with van der Waals surface area (Å²) in [5, 5.41) is 1.88. The molecule has 0 N–H and O–H groups in total. The Morgan fingerprint density at radius 1 is 1.53 bits per heavy atom. The Bertz CT molecular complexity index is 513. The van der Waals surface area contributed by atoms with Gasteiger partial charge in [-0.1, -0.05) is 13.8 Å². The van der Waals surface area contributed by atoms with Crippen molar-refractivity contribution in [2.45, 2.75) is 26.7 Å². The number of rotatable bonds is 3. The molecule has 0 fully saturated rings. The van der Waals surface area contributed by atoms with Crippen molar-refractivity contribution in [2.24, 2.45) is 5.92 Å². The number of aryl methyl sites for hydroxylation is 1. The van der Waals surface area contributed by atoms with Crippen LogP contribution in [0.2, 0.25) is 0 Å². The predicted octanol–water partition coefficient (Wildman–Crippen LogP) is 2.34. The Morgan fingerprint density at radius 3 is 3.07 bits per heavy atom. The first kappa shape index (κ1) is 10.4. The molecule has 0 bridgehead atoms. The summed E-state index contributed by atoms with van der Waals surface area (Å²) in [5.41, 5.74) is 0.941. The second-order valence-electron chi connectivity index (χ2n) is 4.07. The molecule has 0 aliphatic heterocycles. The lowest BCUT2D eigenvalue weighted by Gasteiger charge is -2.03. The van der Waals surface area contributed by atoms with E-state index in [0.29, 0.717) is 5.92 Å². The monoisotopic (exact) mass is 222 g/mol. The highest BCUT2D eigenvalue weighted by Gasteiger charge is 2.03. The van der Waals surface area contributed by atoms with Crippen molar-refractivity contribution >= 4 is 16.3 Å². The molecule has 0 amide bonds. The molecule has 80 valence electrons. The predicted molar refractivity (Wildman–Crippen MR) is 62.5 cm³/mol. The molecule has 2 aromatic rings. The zero-order valence-electron chi connectivity index (χ0n) is 8.93. The van der Waals surface area contributed by atoms with E-state index in [2.05, 4.69) is 18.8 Å². The molecule has 2 rings (SSSR count). The van der Waals surface area contributed by atoms with Gasteiger partial charge < -0.3 is 0 Å². The summed E-state index contributed by atoms with van der Waals surface area (Å²) in [6.07, 6.45) is 3.73. The van der Waals surface area contributed by atoms with E-state index >= 15 is 0 Å². The summed E-state index contributed by atoms with van der Waals surface area (Å²) >= 11 is 1.50. The molecular weight excluding hydrogens is 208 g/mol. The van der Waals surface area contributed by atoms with Gasteiger partial charge in [-0.2, -0.15) is 0 Å². The largest absolute Gasteiger partial charge is 0.269 e. The Morgan fingerprint density at radius 2 is 2.33 bits per heavy atom. The van der Waals surface area contributed by atoms with Gasteiger partial charge in [-0.15, -0.1) is 11.3 Å². The van der Waals surface area contributed by atoms with Crippen LogP contribution in [0.25, 0.3) is 4.96 Å². The van der Waals surface area contributed by atoms with Gasteiger partial charge in [0.05, 0.1) is 0 Å². The van der Waals surface area contributed by atoms with Crippen LogP contribution in [-0.4, -0.2) is 9.38 Å². The fraction of sp³-hybridized carbons (Fsp3) is 0.455. The number of aromatic nitrogens is 2. The lowest BCUT2D eigenvalue weighted by atomic mass is 10.1. The summed E-state index contributed by atoms with van der Waals surface area (Å²) < 4.78 is 1.59. The van der Waals surface area contributed by atoms with Crippen molar-refractivity contribution in [3.8, 4) is 0 Å². The minimum Gasteiger partial charge on any atom is -0.269 e. The first-order valence-corrected chi connectivity index (χ1v) is 6.00. The molecule has 3 nitrogen and oxygen atoms in total. The minimum absolute atomic E-state index is 0.0278. The summed E-state index contributed by atoms with van der Waals surface area (Å²) in [6, 6.07) is 1.64. The first-order chi connectivity index (χ1) is 7.16. The van der Waals surface area contributed by atoms with Gasteiger partial charge in [-0.05, 0) is 18.8 Å². The summed E-state index contributed by atoms with van der Waals surface area (Å²) in [4.78, 5) is 16.9. The molecule has 2 aromatic heterocycles. The maximum Gasteiger partial charge on any atom is 0.258 e. The van der Waals surface area contributed by atoms with Gasteiger partial charge in [-0.25, -0.2) is 4.98 Å². The Kier molecular flexibility index (Phi) is 2.86. The highest BCUT2D eigenvalue weighted by molar-refractivity contribution is 7.15. The quantitative estimate of drug-likeness (QED) is 0.799. The standard InChI is InChI=1S/C11H14N2OS/c1-8(2)3-4-9-7-10(14)13-5-6-15-11(13)12-9/h5-8H,3-4H2,1-2H3. The van der Waals surface area contributed by atoms with Gasteiger partial charge in [0.25, 0.3) is 5.56 Å². The van der Waals surface area contributed by atoms with Crippen molar-refractivity contribution < 1.29 is 0 Å². The molecule has 0 atom stereocenters. The lowest BCUT2D eigenvalue weighted by Crippen LogP contribution is -2.13. The third-order valence-corrected chi connectivity index (χ3v) is 3.09. The normalized spacial score (nSPS) is 11.4. The average molecular weight is 222 g/mol. The van der Waals surface area contributed by atoms with Crippen LogP contribution in [0.4, 0.5) is 0 Å². The van der Waals surface area contributed by atoms with Crippen LogP contribution in [0.15, 0.2) is 22.4 Å². The Labute approximate surface area is 92.4 Å². The van der Waals surface area contributed by atoms with Crippen LogP contribution >= 0.6 is 11.3 Å². The van der Waals surface area contributed by atoms with E-state index in [0.717, 1.165) is 23.5 Å². The molecule has 15 heavy (non-hydrogen) atoms. The van der Waals surface area contributed by atoms with Crippen LogP contribution in [0.5, 0.6) is 0 Å². The van der Waals surface area contributed by atoms with Crippen LogP contribution in [0.3, 0.4) is 0 Å². The molecule has 0 saturated heterocycles. The third-order valence-electron chi connectivity index (χ3n) is 2.33. The number of hydrogen-bond acceptors (Lipinski definition) is 3. The fourth-order valence-corrected chi connectivity index (χ4v) is 2.19. The molecule has 0 unspecified atom stereocenters. The van der Waals surface area contributed by atoms with Gasteiger partial charge in [0.15, 0.2) is 4.96 Å². The molecule has 0 radical (unpaired) electrons. The molecule has 0 aliphatic carbocycles. The Balaban J connectivity index is 2.33. The van der Waals surface area contributed by atoms with Crippen molar-refractivity contribution in [2.75, 3.05) is 0 Å². The highest BCUT2D eigenvalue weighted by atomic mass is 32.1. The van der Waals surface area contributed by atoms with Gasteiger partial charge in [0.2, 0.25) is 0 Å². The van der Waals surface area contributed by atoms with Crippen LogP contribution in [0.1, 0.15) is 26.0 Å². The maximum atomic E-state index is 11.6. The number of fused-ring (bicyclic) bond motifs is 1. The minimum atomic E-state index is 0.0278. The SMILES string of the molecule is CC(C)CCc1cc(=O)n2ccsc2n1. The van der Waals surface area contributed by atoms with Crippen molar-refractivity contribution in [3.63, 3.8) is 0 Å². The van der Waals surface area contributed by atoms with Crippen LogP contribution in [0, 0.1) is 5.92 Å². The zero-order chi connectivity index (χ0) is 10.8. The fourth-order valence-electron chi connectivity index (χ4n) is 1.45. The van der Waals surface area contributed by atoms with Crippen LogP contribution in [-0.2, 0) is 6.42 Å². The van der Waals surface area contributed by atoms with E-state index in [1.54, 1.807) is 16.7 Å². The van der Waals surface area contributed by atoms with E-state index in [-0.39, 0.29) is 5.56 Å². The summed E-state index contributed by atoms with van der Waals surface area (Å²) in [5.74, 6) is 0.647. The van der Waals surface area contributed by atoms with Gasteiger partial charge >= 0.3 is 0 Å². The van der Waals surface area contributed by atoms with Gasteiger partial charge in [-0.3, -0.25) is 9.20 Å². The summed E-state index contributed by atoms with van der Waals surface area (Å²) in [6.45, 7) is 4.35. The maximum absolute atomic E-state index is 11.6.